The van der Waals surface area contributed by atoms with E-state index in [4.69, 9.17) is 0 Å². The van der Waals surface area contributed by atoms with Gasteiger partial charge in [-0.05, 0) is 70.5 Å². The van der Waals surface area contributed by atoms with E-state index in [9.17, 15) is 0 Å². The van der Waals surface area contributed by atoms with E-state index in [2.05, 4.69) is 141 Å². The fourth-order valence-electron chi connectivity index (χ4n) is 7.74. The van der Waals surface area contributed by atoms with Crippen LogP contribution in [0.2, 0.25) is 0 Å². The van der Waals surface area contributed by atoms with Crippen molar-refractivity contribution < 1.29 is 0 Å². The van der Waals surface area contributed by atoms with Crippen molar-refractivity contribution in [2.45, 2.75) is 30.3 Å². The topological polar surface area (TPSA) is 13.0 Å². The van der Waals surface area contributed by atoms with E-state index in [0.29, 0.717) is 12.1 Å². The van der Waals surface area contributed by atoms with Gasteiger partial charge in [0.15, 0.2) is 0 Å². The lowest BCUT2D eigenvalue weighted by atomic mass is 9.67. The van der Waals surface area contributed by atoms with E-state index >= 15 is 0 Å². The molecule has 4 aromatic carbocycles. The number of anilines is 2. The molecule has 3 aliphatic heterocycles. The van der Waals surface area contributed by atoms with Gasteiger partial charge in [-0.1, -0.05) is 72.8 Å². The van der Waals surface area contributed by atoms with Crippen LogP contribution < -0.4 is 9.80 Å². The summed E-state index contributed by atoms with van der Waals surface area (Å²) >= 11 is 0. The Hall–Kier alpha value is -4.44. The molecule has 0 N–H and O–H groups in total. The quantitative estimate of drug-likeness (QED) is 0.232. The first-order valence-corrected chi connectivity index (χ1v) is 14.1. The van der Waals surface area contributed by atoms with Gasteiger partial charge in [0, 0.05) is 36.2 Å². The molecule has 4 nitrogen and oxygen atoms in total. The highest BCUT2D eigenvalue weighted by atomic mass is 15.4. The van der Waals surface area contributed by atoms with Crippen LogP contribution in [-0.4, -0.2) is 35.2 Å². The Morgan fingerprint density at radius 2 is 1.00 bits per heavy atom. The minimum absolute atomic E-state index is 0.398. The molecule has 1 saturated carbocycles. The van der Waals surface area contributed by atoms with E-state index in [0.717, 1.165) is 13.3 Å². The smallest absolute Gasteiger partial charge is 0.0945 e. The maximum Gasteiger partial charge on any atom is 0.0945 e. The zero-order valence-electron chi connectivity index (χ0n) is 21.8. The second kappa shape index (κ2) is 7.79. The van der Waals surface area contributed by atoms with Gasteiger partial charge in [0.25, 0.3) is 0 Å². The van der Waals surface area contributed by atoms with Crippen LogP contribution >= 0.6 is 0 Å². The van der Waals surface area contributed by atoms with Crippen LogP contribution in [0.5, 0.6) is 0 Å². The van der Waals surface area contributed by atoms with E-state index < -0.39 is 5.41 Å². The first-order valence-electron chi connectivity index (χ1n) is 14.1. The van der Waals surface area contributed by atoms with E-state index in [1.165, 1.54) is 57.6 Å². The summed E-state index contributed by atoms with van der Waals surface area (Å²) in [7, 11) is 0. The highest BCUT2D eigenvalue weighted by Gasteiger charge is 2.47. The molecule has 2 atom stereocenters. The third-order valence-corrected chi connectivity index (χ3v) is 9.74. The van der Waals surface area contributed by atoms with Crippen LogP contribution in [0.1, 0.15) is 35.1 Å². The van der Waals surface area contributed by atoms with Crippen LogP contribution in [-0.2, 0) is 5.41 Å². The van der Waals surface area contributed by atoms with Crippen molar-refractivity contribution in [2.75, 3.05) is 23.1 Å². The average molecular weight is 507 g/mol. The minimum atomic E-state index is -0.398. The molecule has 190 valence electrons. The lowest BCUT2D eigenvalue weighted by Gasteiger charge is -2.47. The number of fused-ring (bicyclic) bond motifs is 20. The third kappa shape index (κ3) is 2.84. The summed E-state index contributed by atoms with van der Waals surface area (Å²) in [6, 6.07) is 37.7. The Morgan fingerprint density at radius 1 is 0.513 bits per heavy atom. The van der Waals surface area contributed by atoms with Gasteiger partial charge >= 0.3 is 0 Å². The molecule has 39 heavy (non-hydrogen) atoms. The summed E-state index contributed by atoms with van der Waals surface area (Å²) < 4.78 is 0. The Balaban J connectivity index is 1.34. The maximum absolute atomic E-state index is 2.55. The van der Waals surface area contributed by atoms with Gasteiger partial charge in [0.2, 0.25) is 0 Å². The zero-order chi connectivity index (χ0) is 25.6. The second-order valence-corrected chi connectivity index (χ2v) is 11.5. The fraction of sp³-hybridized carbons (Fsp3) is 0.200. The molecular formula is C35H30N4. The van der Waals surface area contributed by atoms with Crippen LogP contribution in [0.3, 0.4) is 0 Å². The Morgan fingerprint density at radius 3 is 1.49 bits per heavy atom. The second-order valence-electron chi connectivity index (χ2n) is 11.5. The molecule has 4 aromatic rings. The van der Waals surface area contributed by atoms with Crippen LogP contribution in [0.25, 0.3) is 11.1 Å². The predicted octanol–water partition coefficient (Wildman–Crippen LogP) is 6.70. The third-order valence-electron chi connectivity index (χ3n) is 9.74. The molecule has 3 heterocycles. The molecule has 5 aliphatic rings. The highest BCUT2D eigenvalue weighted by molar-refractivity contribution is 5.86. The zero-order valence-corrected chi connectivity index (χ0v) is 21.8. The van der Waals surface area contributed by atoms with E-state index in [-0.39, 0.29) is 0 Å². The normalized spacial score (nSPS) is 22.8. The van der Waals surface area contributed by atoms with Crippen molar-refractivity contribution in [1.82, 2.24) is 9.80 Å². The summed E-state index contributed by atoms with van der Waals surface area (Å²) in [5.74, 6) is 0. The van der Waals surface area contributed by atoms with E-state index in [1.54, 1.807) is 0 Å². The summed E-state index contributed by atoms with van der Waals surface area (Å²) in [5, 5.41) is 0. The minimum Gasteiger partial charge on any atom is -0.353 e. The number of rotatable bonds is 0. The standard InChI is InChI=1S/C35H30N4/c1-3-13-31-29(11-1)30-12-2-4-14-32(30)35(31)25-7-5-9-27(21-25)36-17-19-38(23-36)33-15-16-34(33)39-20-18-37(24-39)28-10-6-8-26(35)22-28/h1-14,17-22,33-34H,15-16,23-24H2. The molecule has 9 rings (SSSR count). The summed E-state index contributed by atoms with van der Waals surface area (Å²) in [4.78, 5) is 9.93. The predicted molar refractivity (Wildman–Crippen MR) is 157 cm³/mol. The van der Waals surface area contributed by atoms with Gasteiger partial charge in [-0.3, -0.25) is 0 Å². The number of benzene rings is 4. The van der Waals surface area contributed by atoms with Crippen molar-refractivity contribution >= 4 is 11.4 Å². The molecule has 2 aliphatic carbocycles. The van der Waals surface area contributed by atoms with Crippen molar-refractivity contribution in [3.05, 3.63) is 144 Å². The van der Waals surface area contributed by atoms with E-state index in [1.807, 2.05) is 0 Å². The molecule has 2 unspecified atom stereocenters. The molecular weight excluding hydrogens is 476 g/mol. The van der Waals surface area contributed by atoms with Crippen molar-refractivity contribution in [3.8, 4) is 11.1 Å². The van der Waals surface area contributed by atoms with Crippen LogP contribution in [0, 0.1) is 0 Å². The Kier molecular flexibility index (Phi) is 4.29. The Bertz CT molecular complexity index is 1560. The fourth-order valence-corrected chi connectivity index (χ4v) is 7.74. The summed E-state index contributed by atoms with van der Waals surface area (Å²) in [5.41, 5.74) is 10.1. The van der Waals surface area contributed by atoms with Crippen molar-refractivity contribution in [2.24, 2.45) is 0 Å². The van der Waals surface area contributed by atoms with Crippen LogP contribution in [0.4, 0.5) is 11.4 Å². The van der Waals surface area contributed by atoms with Crippen molar-refractivity contribution in [1.29, 1.82) is 0 Å². The molecule has 0 saturated heterocycles. The SMILES string of the molecule is C1=CN2CN1c1cccc(c1)C1(c3cccc(c3)N3C=CN(C3)C3CCC32)c2ccccc2-c2ccccc21. The van der Waals surface area contributed by atoms with Crippen LogP contribution in [0.15, 0.2) is 122 Å². The maximum atomic E-state index is 2.55. The van der Waals surface area contributed by atoms with Crippen molar-refractivity contribution in [3.63, 3.8) is 0 Å². The summed E-state index contributed by atoms with van der Waals surface area (Å²) in [6.07, 6.45) is 11.7. The largest absolute Gasteiger partial charge is 0.353 e. The molecule has 4 heteroatoms. The van der Waals surface area contributed by atoms with Gasteiger partial charge in [-0.15, -0.1) is 0 Å². The van der Waals surface area contributed by atoms with Gasteiger partial charge in [0.1, 0.15) is 0 Å². The summed E-state index contributed by atoms with van der Waals surface area (Å²) in [6.45, 7) is 1.81. The Labute approximate surface area is 229 Å². The highest BCUT2D eigenvalue weighted by Crippen LogP contribution is 2.56. The molecule has 0 radical (unpaired) electrons. The lowest BCUT2D eigenvalue weighted by molar-refractivity contribution is 0.0717. The molecule has 1 spiro atoms. The first kappa shape index (κ1) is 21.5. The van der Waals surface area contributed by atoms with Gasteiger partial charge in [-0.25, -0.2) is 0 Å². The van der Waals surface area contributed by atoms with Gasteiger partial charge < -0.3 is 19.6 Å². The molecule has 0 aromatic heterocycles. The number of hydrogen-bond acceptors (Lipinski definition) is 4. The van der Waals surface area contributed by atoms with Gasteiger partial charge in [0.05, 0.1) is 30.8 Å². The monoisotopic (exact) mass is 506 g/mol. The van der Waals surface area contributed by atoms with Gasteiger partial charge in [-0.2, -0.15) is 0 Å². The molecule has 0 amide bonds. The molecule has 8 bridgehead atoms. The average Bonchev–Trinajstić information content (AvgIpc) is 3.70. The number of hydrogen-bond donors (Lipinski definition) is 0. The lowest BCUT2D eigenvalue weighted by Crippen LogP contribution is -2.56. The number of nitrogens with zero attached hydrogens (tertiary/aromatic N) is 4. The first-order chi connectivity index (χ1) is 19.3. The molecule has 1 fully saturated rings.